The van der Waals surface area contributed by atoms with E-state index < -0.39 is 0 Å². The third kappa shape index (κ3) is 3.04. The topological polar surface area (TPSA) is 35.5 Å². The summed E-state index contributed by atoms with van der Waals surface area (Å²) >= 11 is 0. The van der Waals surface area contributed by atoms with Gasteiger partial charge in [-0.3, -0.25) is 4.79 Å². The van der Waals surface area contributed by atoms with Crippen LogP contribution < -0.4 is 4.74 Å². The van der Waals surface area contributed by atoms with Gasteiger partial charge in [-0.15, -0.1) is 0 Å². The Bertz CT molecular complexity index is 461. The normalized spacial score (nSPS) is 22.2. The van der Waals surface area contributed by atoms with Gasteiger partial charge in [0, 0.05) is 11.1 Å². The number of hydrogen-bond acceptors (Lipinski definition) is 3. The summed E-state index contributed by atoms with van der Waals surface area (Å²) in [7, 11) is 1.60. The standard InChI is InChI=1S/C16H20O3/c1-4-13-9-10-15(19-13)11(2)16(17)12-5-7-14(18-3)8-6-12/h5-8,13,15H,2,4,9-10H2,1,3H3/t13-,15+/m1/s1. The first-order chi connectivity index (χ1) is 9.15. The van der Waals surface area contributed by atoms with Gasteiger partial charge in [0.15, 0.2) is 5.78 Å². The summed E-state index contributed by atoms with van der Waals surface area (Å²) in [6.07, 6.45) is 3.03. The summed E-state index contributed by atoms with van der Waals surface area (Å²) in [4.78, 5) is 12.3. The van der Waals surface area contributed by atoms with Crippen molar-refractivity contribution >= 4 is 5.78 Å². The second-order valence-electron chi connectivity index (χ2n) is 4.82. The molecule has 3 nitrogen and oxygen atoms in total. The van der Waals surface area contributed by atoms with Crippen molar-refractivity contribution in [2.75, 3.05) is 7.11 Å². The lowest BCUT2D eigenvalue weighted by Gasteiger charge is -2.14. The molecule has 1 heterocycles. The molecule has 0 radical (unpaired) electrons. The maximum absolute atomic E-state index is 12.3. The molecule has 1 aromatic carbocycles. The first-order valence-electron chi connectivity index (χ1n) is 6.68. The van der Waals surface area contributed by atoms with Gasteiger partial charge in [-0.25, -0.2) is 0 Å². The first kappa shape index (κ1) is 13.8. The minimum atomic E-state index is -0.125. The molecule has 3 heteroatoms. The van der Waals surface area contributed by atoms with Gasteiger partial charge in [0.1, 0.15) is 5.75 Å². The SMILES string of the molecule is C=C(C(=O)c1ccc(OC)cc1)[C@@H]1CC[C@@H](CC)O1. The molecule has 0 N–H and O–H groups in total. The van der Waals surface area contributed by atoms with E-state index in [9.17, 15) is 4.79 Å². The Morgan fingerprint density at radius 1 is 1.37 bits per heavy atom. The summed E-state index contributed by atoms with van der Waals surface area (Å²) in [6.45, 7) is 6.02. The highest BCUT2D eigenvalue weighted by Crippen LogP contribution is 2.28. The van der Waals surface area contributed by atoms with Crippen LogP contribution in [0.1, 0.15) is 36.5 Å². The van der Waals surface area contributed by atoms with Gasteiger partial charge in [0.05, 0.1) is 19.3 Å². The summed E-state index contributed by atoms with van der Waals surface area (Å²) in [5, 5.41) is 0. The van der Waals surface area contributed by atoms with Gasteiger partial charge in [-0.1, -0.05) is 13.5 Å². The van der Waals surface area contributed by atoms with Crippen LogP contribution in [0.4, 0.5) is 0 Å². The molecule has 0 amide bonds. The maximum atomic E-state index is 12.3. The van der Waals surface area contributed by atoms with E-state index in [-0.39, 0.29) is 18.0 Å². The third-order valence-electron chi connectivity index (χ3n) is 3.60. The van der Waals surface area contributed by atoms with E-state index >= 15 is 0 Å². The zero-order chi connectivity index (χ0) is 13.8. The number of carbonyl (C=O) groups excluding carboxylic acids is 1. The fourth-order valence-corrected chi connectivity index (χ4v) is 2.34. The molecule has 1 fully saturated rings. The number of ether oxygens (including phenoxy) is 2. The van der Waals surface area contributed by atoms with Gasteiger partial charge in [0.2, 0.25) is 0 Å². The van der Waals surface area contributed by atoms with Crippen molar-refractivity contribution in [1.29, 1.82) is 0 Å². The Hall–Kier alpha value is -1.61. The quantitative estimate of drug-likeness (QED) is 0.601. The lowest BCUT2D eigenvalue weighted by atomic mass is 9.98. The van der Waals surface area contributed by atoms with E-state index in [1.807, 2.05) is 0 Å². The van der Waals surface area contributed by atoms with Crippen LogP contribution in [0.25, 0.3) is 0 Å². The molecule has 0 aromatic heterocycles. The summed E-state index contributed by atoms with van der Waals surface area (Å²) in [6, 6.07) is 7.09. The lowest BCUT2D eigenvalue weighted by Crippen LogP contribution is -2.18. The molecule has 0 bridgehead atoms. The van der Waals surface area contributed by atoms with E-state index in [0.717, 1.165) is 25.0 Å². The van der Waals surface area contributed by atoms with Gasteiger partial charge in [-0.05, 0) is 43.5 Å². The van der Waals surface area contributed by atoms with Crippen LogP contribution in [-0.4, -0.2) is 25.1 Å². The molecule has 1 saturated heterocycles. The molecular weight excluding hydrogens is 240 g/mol. The van der Waals surface area contributed by atoms with Crippen LogP contribution in [0.2, 0.25) is 0 Å². The van der Waals surface area contributed by atoms with Crippen molar-refractivity contribution in [3.8, 4) is 5.75 Å². The van der Waals surface area contributed by atoms with Crippen molar-refractivity contribution in [1.82, 2.24) is 0 Å². The molecule has 102 valence electrons. The van der Waals surface area contributed by atoms with Crippen molar-refractivity contribution < 1.29 is 14.3 Å². The van der Waals surface area contributed by atoms with Crippen LogP contribution in [0.3, 0.4) is 0 Å². The molecule has 19 heavy (non-hydrogen) atoms. The van der Waals surface area contributed by atoms with Crippen molar-refractivity contribution in [3.05, 3.63) is 42.0 Å². The minimum Gasteiger partial charge on any atom is -0.497 e. The highest BCUT2D eigenvalue weighted by Gasteiger charge is 2.29. The van der Waals surface area contributed by atoms with Gasteiger partial charge >= 0.3 is 0 Å². The molecule has 1 aliphatic rings. The second kappa shape index (κ2) is 6.02. The molecule has 0 unspecified atom stereocenters. The maximum Gasteiger partial charge on any atom is 0.191 e. The number of rotatable bonds is 5. The smallest absolute Gasteiger partial charge is 0.191 e. The number of ketones is 1. The van der Waals surface area contributed by atoms with Crippen molar-refractivity contribution in [2.24, 2.45) is 0 Å². The Morgan fingerprint density at radius 3 is 2.58 bits per heavy atom. The van der Waals surface area contributed by atoms with Gasteiger partial charge < -0.3 is 9.47 Å². The number of Topliss-reactive ketones (excluding diaryl/α,β-unsaturated/α-hetero) is 1. The minimum absolute atomic E-state index is 0.0376. The first-order valence-corrected chi connectivity index (χ1v) is 6.68. The lowest BCUT2D eigenvalue weighted by molar-refractivity contribution is 0.0591. The molecule has 2 atom stereocenters. The van der Waals surface area contributed by atoms with Gasteiger partial charge in [-0.2, -0.15) is 0 Å². The Kier molecular flexibility index (Phi) is 4.38. The molecule has 0 spiro atoms. The molecule has 0 aliphatic carbocycles. The highest BCUT2D eigenvalue weighted by atomic mass is 16.5. The number of benzene rings is 1. The van der Waals surface area contributed by atoms with Crippen molar-refractivity contribution in [3.63, 3.8) is 0 Å². The Labute approximate surface area is 114 Å². The fourth-order valence-electron chi connectivity index (χ4n) is 2.34. The van der Waals surface area contributed by atoms with Crippen molar-refractivity contribution in [2.45, 2.75) is 38.4 Å². The van der Waals surface area contributed by atoms with Gasteiger partial charge in [0.25, 0.3) is 0 Å². The van der Waals surface area contributed by atoms with E-state index in [1.165, 1.54) is 0 Å². The number of carbonyl (C=O) groups is 1. The number of methoxy groups -OCH3 is 1. The molecule has 1 aliphatic heterocycles. The van der Waals surface area contributed by atoms with Crippen LogP contribution in [0.5, 0.6) is 5.75 Å². The molecule has 2 rings (SSSR count). The average molecular weight is 260 g/mol. The summed E-state index contributed by atoms with van der Waals surface area (Å²) in [5.41, 5.74) is 1.19. The molecule has 0 saturated carbocycles. The third-order valence-corrected chi connectivity index (χ3v) is 3.60. The van der Waals surface area contributed by atoms with E-state index in [1.54, 1.807) is 31.4 Å². The highest BCUT2D eigenvalue weighted by molar-refractivity contribution is 6.09. The average Bonchev–Trinajstić information content (AvgIpc) is 2.94. The largest absolute Gasteiger partial charge is 0.497 e. The monoisotopic (exact) mass is 260 g/mol. The Morgan fingerprint density at radius 2 is 2.05 bits per heavy atom. The van der Waals surface area contributed by atoms with E-state index in [4.69, 9.17) is 9.47 Å². The van der Waals surface area contributed by atoms with Crippen LogP contribution in [-0.2, 0) is 4.74 Å². The van der Waals surface area contributed by atoms with E-state index in [2.05, 4.69) is 13.5 Å². The molecule has 1 aromatic rings. The zero-order valence-electron chi connectivity index (χ0n) is 11.5. The summed E-state index contributed by atoms with van der Waals surface area (Å²) < 4.78 is 10.9. The van der Waals surface area contributed by atoms with E-state index in [0.29, 0.717) is 11.1 Å². The number of hydrogen-bond donors (Lipinski definition) is 0. The summed E-state index contributed by atoms with van der Waals surface area (Å²) in [5.74, 6) is 0.703. The Balaban J connectivity index is 2.04. The fraction of sp³-hybridized carbons (Fsp3) is 0.438. The predicted molar refractivity (Wildman–Crippen MR) is 74.7 cm³/mol. The van der Waals surface area contributed by atoms with Crippen LogP contribution in [0.15, 0.2) is 36.4 Å². The zero-order valence-corrected chi connectivity index (χ0v) is 11.5. The van der Waals surface area contributed by atoms with Crippen LogP contribution in [0, 0.1) is 0 Å². The molecular formula is C16H20O3. The van der Waals surface area contributed by atoms with Crippen LogP contribution >= 0.6 is 0 Å². The predicted octanol–water partition coefficient (Wildman–Crippen LogP) is 3.39. The second-order valence-corrected chi connectivity index (χ2v) is 4.82.